The highest BCUT2D eigenvalue weighted by Crippen LogP contribution is 2.25. The van der Waals surface area contributed by atoms with E-state index in [0.717, 1.165) is 25.9 Å². The summed E-state index contributed by atoms with van der Waals surface area (Å²) in [6, 6.07) is 9.24. The molecule has 0 aromatic heterocycles. The van der Waals surface area contributed by atoms with Gasteiger partial charge in [0.05, 0.1) is 0 Å². The second-order valence-corrected chi connectivity index (χ2v) is 5.81. The molecule has 0 unspecified atom stereocenters. The molecule has 0 aliphatic heterocycles. The summed E-state index contributed by atoms with van der Waals surface area (Å²) in [6.45, 7) is 0.238. The van der Waals surface area contributed by atoms with Crippen molar-refractivity contribution in [1.82, 2.24) is 0 Å². The molecule has 0 spiro atoms. The van der Waals surface area contributed by atoms with Crippen molar-refractivity contribution in [3.8, 4) is 0 Å². The first kappa shape index (κ1) is 13.7. The number of nitrogens with one attached hydrogen (secondary N) is 1. The van der Waals surface area contributed by atoms with Gasteiger partial charge in [-0.05, 0) is 74.9 Å². The Kier molecular flexibility index (Phi) is 4.55. The third-order valence-corrected chi connectivity index (χ3v) is 3.77. The predicted molar refractivity (Wildman–Crippen MR) is 80.5 cm³/mol. The van der Waals surface area contributed by atoms with E-state index < -0.39 is 11.6 Å². The summed E-state index contributed by atoms with van der Waals surface area (Å²) in [6.07, 6.45) is 0. The molecule has 0 amide bonds. The van der Waals surface area contributed by atoms with Gasteiger partial charge in [-0.15, -0.1) is 0 Å². The fraction of sp³-hybridized carbons (Fsp3) is 0.0769. The summed E-state index contributed by atoms with van der Waals surface area (Å²) in [4.78, 5) is 0. The van der Waals surface area contributed by atoms with Crippen molar-refractivity contribution in [2.75, 3.05) is 5.32 Å². The Labute approximate surface area is 126 Å². The molecule has 94 valence electrons. The number of hydrogen-bond acceptors (Lipinski definition) is 1. The fourth-order valence-corrected chi connectivity index (χ4v) is 2.38. The van der Waals surface area contributed by atoms with Gasteiger partial charge in [-0.25, -0.2) is 8.78 Å². The van der Waals surface area contributed by atoms with Crippen LogP contribution in [0.3, 0.4) is 0 Å². The summed E-state index contributed by atoms with van der Waals surface area (Å²) in [5.74, 6) is -0.847. The lowest BCUT2D eigenvalue weighted by Crippen LogP contribution is -2.03. The molecule has 0 saturated heterocycles. The van der Waals surface area contributed by atoms with Crippen molar-refractivity contribution in [3.05, 3.63) is 61.6 Å². The van der Waals surface area contributed by atoms with E-state index in [1.54, 1.807) is 0 Å². The van der Waals surface area contributed by atoms with Gasteiger partial charge in [0.1, 0.15) is 11.6 Å². The first-order valence-corrected chi connectivity index (χ1v) is 7.06. The van der Waals surface area contributed by atoms with Crippen molar-refractivity contribution in [3.63, 3.8) is 0 Å². The number of anilines is 1. The smallest absolute Gasteiger partial charge is 0.128 e. The standard InChI is InChI=1S/C13H9BrF2IN/c14-11-3-2-10(17)6-13(11)18-7-8-5-9(15)1-4-12(8)16/h1-6,18H,7H2. The van der Waals surface area contributed by atoms with Crippen LogP contribution in [0.2, 0.25) is 0 Å². The Balaban J connectivity index is 2.16. The van der Waals surface area contributed by atoms with Crippen molar-refractivity contribution in [1.29, 1.82) is 0 Å². The second-order valence-electron chi connectivity index (χ2n) is 3.71. The molecule has 0 saturated carbocycles. The van der Waals surface area contributed by atoms with Crippen LogP contribution in [0.15, 0.2) is 40.9 Å². The normalized spacial score (nSPS) is 10.4. The van der Waals surface area contributed by atoms with Gasteiger partial charge in [-0.1, -0.05) is 0 Å². The lowest BCUT2D eigenvalue weighted by molar-refractivity contribution is 0.587. The monoisotopic (exact) mass is 423 g/mol. The zero-order chi connectivity index (χ0) is 13.1. The Hall–Kier alpha value is -0.690. The van der Waals surface area contributed by atoms with Crippen LogP contribution in [-0.2, 0) is 6.54 Å². The first-order chi connectivity index (χ1) is 8.56. The molecule has 0 heterocycles. The van der Waals surface area contributed by atoms with E-state index in [9.17, 15) is 8.78 Å². The molecular weight excluding hydrogens is 415 g/mol. The van der Waals surface area contributed by atoms with Crippen LogP contribution in [0.5, 0.6) is 0 Å². The van der Waals surface area contributed by atoms with Gasteiger partial charge >= 0.3 is 0 Å². The van der Waals surface area contributed by atoms with Crippen LogP contribution in [0.1, 0.15) is 5.56 Å². The van der Waals surface area contributed by atoms with Gasteiger partial charge in [0.15, 0.2) is 0 Å². The number of halogens is 4. The quantitative estimate of drug-likeness (QED) is 0.689. The minimum atomic E-state index is -0.435. The van der Waals surface area contributed by atoms with E-state index in [1.807, 2.05) is 18.2 Å². The van der Waals surface area contributed by atoms with E-state index in [4.69, 9.17) is 0 Å². The Morgan fingerprint density at radius 2 is 1.89 bits per heavy atom. The summed E-state index contributed by atoms with van der Waals surface area (Å²) in [5, 5.41) is 3.08. The SMILES string of the molecule is Fc1ccc(F)c(CNc2cc(I)ccc2Br)c1. The maximum Gasteiger partial charge on any atom is 0.128 e. The molecule has 0 aliphatic carbocycles. The van der Waals surface area contributed by atoms with Crippen LogP contribution in [0.25, 0.3) is 0 Å². The van der Waals surface area contributed by atoms with Gasteiger partial charge in [0, 0.05) is 25.8 Å². The van der Waals surface area contributed by atoms with Crippen LogP contribution in [-0.4, -0.2) is 0 Å². The molecule has 2 aromatic carbocycles. The van der Waals surface area contributed by atoms with E-state index in [2.05, 4.69) is 43.8 Å². The molecule has 2 aromatic rings. The van der Waals surface area contributed by atoms with Crippen molar-refractivity contribution in [2.24, 2.45) is 0 Å². The molecule has 0 fully saturated rings. The minimum Gasteiger partial charge on any atom is -0.380 e. The highest BCUT2D eigenvalue weighted by Gasteiger charge is 2.05. The third kappa shape index (κ3) is 3.41. The summed E-state index contributed by atoms with van der Waals surface area (Å²) < 4.78 is 28.4. The van der Waals surface area contributed by atoms with E-state index in [0.29, 0.717) is 5.56 Å². The van der Waals surface area contributed by atoms with Crippen molar-refractivity contribution in [2.45, 2.75) is 6.54 Å². The van der Waals surface area contributed by atoms with Gasteiger partial charge < -0.3 is 5.32 Å². The molecule has 0 bridgehead atoms. The number of rotatable bonds is 3. The molecule has 18 heavy (non-hydrogen) atoms. The maximum absolute atomic E-state index is 13.4. The Morgan fingerprint density at radius 3 is 2.67 bits per heavy atom. The summed E-state index contributed by atoms with van der Waals surface area (Å²) in [7, 11) is 0. The van der Waals surface area contributed by atoms with E-state index in [-0.39, 0.29) is 6.54 Å². The van der Waals surface area contributed by atoms with Gasteiger partial charge in [-0.2, -0.15) is 0 Å². The van der Waals surface area contributed by atoms with Crippen LogP contribution in [0.4, 0.5) is 14.5 Å². The average molecular weight is 424 g/mol. The van der Waals surface area contributed by atoms with Crippen LogP contribution in [0, 0.1) is 15.2 Å². The van der Waals surface area contributed by atoms with Crippen molar-refractivity contribution < 1.29 is 8.78 Å². The minimum absolute atomic E-state index is 0.238. The molecule has 1 nitrogen and oxygen atoms in total. The average Bonchev–Trinajstić information content (AvgIpc) is 2.34. The highest BCUT2D eigenvalue weighted by molar-refractivity contribution is 14.1. The molecular formula is C13H9BrF2IN. The van der Waals surface area contributed by atoms with Gasteiger partial charge in [0.25, 0.3) is 0 Å². The van der Waals surface area contributed by atoms with Gasteiger partial charge in [-0.3, -0.25) is 0 Å². The summed E-state index contributed by atoms with van der Waals surface area (Å²) >= 11 is 5.60. The maximum atomic E-state index is 13.4. The predicted octanol–water partition coefficient (Wildman–Crippen LogP) is 4.94. The van der Waals surface area contributed by atoms with Crippen LogP contribution >= 0.6 is 38.5 Å². The molecule has 0 aliphatic rings. The topological polar surface area (TPSA) is 12.0 Å². The number of benzene rings is 2. The molecule has 0 radical (unpaired) electrons. The van der Waals surface area contributed by atoms with Crippen molar-refractivity contribution >= 4 is 44.2 Å². The third-order valence-electron chi connectivity index (χ3n) is 2.41. The van der Waals surface area contributed by atoms with E-state index >= 15 is 0 Å². The highest BCUT2D eigenvalue weighted by atomic mass is 127. The fourth-order valence-electron chi connectivity index (χ4n) is 1.50. The number of hydrogen-bond donors (Lipinski definition) is 1. The largest absolute Gasteiger partial charge is 0.380 e. The van der Waals surface area contributed by atoms with Gasteiger partial charge in [0.2, 0.25) is 0 Å². The lowest BCUT2D eigenvalue weighted by Gasteiger charge is -2.10. The summed E-state index contributed by atoms with van der Waals surface area (Å²) in [5.41, 5.74) is 1.16. The Morgan fingerprint density at radius 1 is 1.11 bits per heavy atom. The second kappa shape index (κ2) is 5.97. The molecule has 0 atom stereocenters. The first-order valence-electron chi connectivity index (χ1n) is 5.19. The Bertz CT molecular complexity index is 523. The molecule has 2 rings (SSSR count). The van der Waals surface area contributed by atoms with E-state index in [1.165, 1.54) is 6.07 Å². The molecule has 5 heteroatoms. The zero-order valence-electron chi connectivity index (χ0n) is 9.18. The zero-order valence-corrected chi connectivity index (χ0v) is 12.9. The lowest BCUT2D eigenvalue weighted by atomic mass is 10.2. The van der Waals surface area contributed by atoms with Crippen LogP contribution < -0.4 is 5.32 Å². The molecule has 1 N–H and O–H groups in total.